The highest BCUT2D eigenvalue weighted by Gasteiger charge is 2.21. The Kier molecular flexibility index (Phi) is 4.20. The Bertz CT molecular complexity index is 779. The Morgan fingerprint density at radius 3 is 2.68 bits per heavy atom. The van der Waals surface area contributed by atoms with Crippen LogP contribution in [0.15, 0.2) is 48.1 Å². The molecule has 1 aromatic carbocycles. The third-order valence-electron chi connectivity index (χ3n) is 3.28. The molecular formula is C16H13N3O2S. The minimum atomic E-state index is -0.628. The van der Waals surface area contributed by atoms with Crippen LogP contribution in [0, 0.1) is 0 Å². The summed E-state index contributed by atoms with van der Waals surface area (Å²) in [4.78, 5) is 28.6. The Labute approximate surface area is 131 Å². The number of benzene rings is 1. The highest BCUT2D eigenvalue weighted by Crippen LogP contribution is 2.21. The maximum absolute atomic E-state index is 12.1. The maximum Gasteiger partial charge on any atom is 0.265 e. The van der Waals surface area contributed by atoms with Gasteiger partial charge >= 0.3 is 0 Å². The van der Waals surface area contributed by atoms with E-state index in [0.717, 1.165) is 16.9 Å². The number of hydrogen-bond donors (Lipinski definition) is 1. The molecule has 22 heavy (non-hydrogen) atoms. The van der Waals surface area contributed by atoms with E-state index in [4.69, 9.17) is 0 Å². The van der Waals surface area contributed by atoms with E-state index in [1.165, 1.54) is 23.2 Å². The van der Waals surface area contributed by atoms with E-state index in [-0.39, 0.29) is 12.2 Å². The number of thiophene rings is 1. The first-order valence-electron chi connectivity index (χ1n) is 6.76. The number of Topliss-reactive ketones (excluding diaryl/α,β-unsaturated/α-hetero) is 2. The van der Waals surface area contributed by atoms with Gasteiger partial charge in [-0.3, -0.25) is 14.7 Å². The number of H-pyrrole nitrogens is 1. The smallest absolute Gasteiger partial charge is 0.265 e. The molecule has 3 aromatic rings. The minimum absolute atomic E-state index is 0.00818. The zero-order valence-electron chi connectivity index (χ0n) is 11.7. The number of aromatic amines is 1. The number of ketones is 2. The second-order valence-electron chi connectivity index (χ2n) is 4.79. The zero-order chi connectivity index (χ0) is 15.4. The zero-order valence-corrected chi connectivity index (χ0v) is 12.5. The minimum Gasteiger partial charge on any atom is -0.290 e. The molecule has 3 rings (SSSR count). The molecule has 0 unspecified atom stereocenters. The lowest BCUT2D eigenvalue weighted by Crippen LogP contribution is -2.18. The fraction of sp³-hybridized carbons (Fsp3) is 0.125. The Balaban J connectivity index is 1.72. The molecule has 0 radical (unpaired) electrons. The van der Waals surface area contributed by atoms with Crippen LogP contribution in [-0.4, -0.2) is 26.7 Å². The van der Waals surface area contributed by atoms with E-state index < -0.39 is 11.6 Å². The molecule has 110 valence electrons. The van der Waals surface area contributed by atoms with Gasteiger partial charge in [0, 0.05) is 11.3 Å². The summed E-state index contributed by atoms with van der Waals surface area (Å²) in [5.41, 5.74) is 2.26. The molecule has 0 aliphatic rings. The molecule has 0 atom stereocenters. The first-order chi connectivity index (χ1) is 10.7. The summed E-state index contributed by atoms with van der Waals surface area (Å²) in [6.07, 6.45) is 2.06. The van der Waals surface area contributed by atoms with Gasteiger partial charge < -0.3 is 0 Å². The summed E-state index contributed by atoms with van der Waals surface area (Å²) in [6.45, 7) is 0. The van der Waals surface area contributed by atoms with Crippen molar-refractivity contribution in [2.24, 2.45) is 0 Å². The summed E-state index contributed by atoms with van der Waals surface area (Å²) >= 11 is 1.49. The summed E-state index contributed by atoms with van der Waals surface area (Å²) in [5.74, 6) is -1.11. The number of hydrogen-bond acceptors (Lipinski definition) is 5. The van der Waals surface area contributed by atoms with Crippen LogP contribution >= 0.6 is 11.3 Å². The number of carbonyl (C=O) groups is 2. The Hall–Kier alpha value is -2.60. The standard InChI is InChI=1S/C16H13N3O2S/c20-13(15(21)16-17-10-18-19-16)9-14-12(6-7-22-14)8-11-4-2-1-3-5-11/h1-7,10H,8-9H2,(H,17,18,19). The van der Waals surface area contributed by atoms with E-state index in [1.54, 1.807) is 0 Å². The van der Waals surface area contributed by atoms with Crippen LogP contribution in [0.5, 0.6) is 0 Å². The van der Waals surface area contributed by atoms with E-state index >= 15 is 0 Å². The third kappa shape index (κ3) is 3.17. The fourth-order valence-electron chi connectivity index (χ4n) is 2.17. The number of carbonyl (C=O) groups excluding carboxylic acids is 2. The van der Waals surface area contributed by atoms with Crippen molar-refractivity contribution in [2.75, 3.05) is 0 Å². The molecule has 0 spiro atoms. The van der Waals surface area contributed by atoms with Crippen LogP contribution in [0.2, 0.25) is 0 Å². The first kappa shape index (κ1) is 14.3. The quantitative estimate of drug-likeness (QED) is 0.560. The van der Waals surface area contributed by atoms with E-state index in [1.807, 2.05) is 41.8 Å². The van der Waals surface area contributed by atoms with Crippen LogP contribution in [0.4, 0.5) is 0 Å². The second kappa shape index (κ2) is 6.44. The molecule has 0 saturated carbocycles. The van der Waals surface area contributed by atoms with Crippen LogP contribution in [0.25, 0.3) is 0 Å². The first-order valence-corrected chi connectivity index (χ1v) is 7.64. The molecule has 2 heterocycles. The summed E-state index contributed by atoms with van der Waals surface area (Å²) in [5, 5.41) is 7.96. The largest absolute Gasteiger partial charge is 0.290 e. The molecular weight excluding hydrogens is 298 g/mol. The van der Waals surface area contributed by atoms with Crippen molar-refractivity contribution in [3.63, 3.8) is 0 Å². The molecule has 0 bridgehead atoms. The van der Waals surface area contributed by atoms with Gasteiger partial charge in [-0.1, -0.05) is 30.3 Å². The van der Waals surface area contributed by atoms with Crippen molar-refractivity contribution < 1.29 is 9.59 Å². The van der Waals surface area contributed by atoms with Gasteiger partial charge in [-0.2, -0.15) is 5.10 Å². The molecule has 0 fully saturated rings. The number of nitrogens with one attached hydrogen (secondary N) is 1. The number of nitrogens with zero attached hydrogens (tertiary/aromatic N) is 2. The fourth-order valence-corrected chi connectivity index (χ4v) is 3.07. The molecule has 0 amide bonds. The molecule has 0 aliphatic carbocycles. The SMILES string of the molecule is O=C(Cc1sccc1Cc1ccccc1)C(=O)c1ncn[nH]1. The highest BCUT2D eigenvalue weighted by atomic mass is 32.1. The van der Waals surface area contributed by atoms with Crippen LogP contribution in [0.3, 0.4) is 0 Å². The van der Waals surface area contributed by atoms with Gasteiger partial charge in [-0.05, 0) is 29.0 Å². The van der Waals surface area contributed by atoms with Crippen molar-refractivity contribution >= 4 is 22.9 Å². The summed E-state index contributed by atoms with van der Waals surface area (Å²) in [6, 6.07) is 12.0. The third-order valence-corrected chi connectivity index (χ3v) is 4.24. The molecule has 0 aliphatic heterocycles. The lowest BCUT2D eigenvalue weighted by molar-refractivity contribution is -0.114. The predicted molar refractivity (Wildman–Crippen MR) is 83.0 cm³/mol. The van der Waals surface area contributed by atoms with Gasteiger partial charge in [0.1, 0.15) is 6.33 Å². The second-order valence-corrected chi connectivity index (χ2v) is 5.80. The van der Waals surface area contributed by atoms with Gasteiger partial charge in [0.05, 0.1) is 0 Å². The summed E-state index contributed by atoms with van der Waals surface area (Å²) in [7, 11) is 0. The van der Waals surface area contributed by atoms with Crippen molar-refractivity contribution in [3.8, 4) is 0 Å². The average molecular weight is 311 g/mol. The molecule has 6 heteroatoms. The molecule has 5 nitrogen and oxygen atoms in total. The van der Waals surface area contributed by atoms with Crippen LogP contribution < -0.4 is 0 Å². The van der Waals surface area contributed by atoms with Crippen molar-refractivity contribution in [2.45, 2.75) is 12.8 Å². The topological polar surface area (TPSA) is 75.7 Å². The Morgan fingerprint density at radius 2 is 1.95 bits per heavy atom. The maximum atomic E-state index is 12.1. The van der Waals surface area contributed by atoms with E-state index in [2.05, 4.69) is 15.2 Å². The average Bonchev–Trinajstić information content (AvgIpc) is 3.20. The van der Waals surface area contributed by atoms with Gasteiger partial charge in [0.15, 0.2) is 5.82 Å². The predicted octanol–water partition coefficient (Wildman–Crippen LogP) is 2.45. The molecule has 2 aromatic heterocycles. The van der Waals surface area contributed by atoms with E-state index in [0.29, 0.717) is 0 Å². The lowest BCUT2D eigenvalue weighted by atomic mass is 10.0. The van der Waals surface area contributed by atoms with Gasteiger partial charge in [-0.15, -0.1) is 11.3 Å². The molecule has 0 saturated heterocycles. The van der Waals surface area contributed by atoms with Crippen molar-refractivity contribution in [1.29, 1.82) is 0 Å². The molecule has 1 N–H and O–H groups in total. The lowest BCUT2D eigenvalue weighted by Gasteiger charge is -2.03. The van der Waals surface area contributed by atoms with Crippen LogP contribution in [0.1, 0.15) is 26.6 Å². The number of rotatable bonds is 6. The van der Waals surface area contributed by atoms with Gasteiger partial charge in [0.25, 0.3) is 5.78 Å². The normalized spacial score (nSPS) is 10.5. The highest BCUT2D eigenvalue weighted by molar-refractivity contribution is 7.10. The number of aromatic nitrogens is 3. The van der Waals surface area contributed by atoms with Gasteiger partial charge in [0.2, 0.25) is 5.78 Å². The van der Waals surface area contributed by atoms with Gasteiger partial charge in [-0.25, -0.2) is 4.98 Å². The Morgan fingerprint density at radius 1 is 1.14 bits per heavy atom. The monoisotopic (exact) mass is 311 g/mol. The van der Waals surface area contributed by atoms with E-state index in [9.17, 15) is 9.59 Å². The van der Waals surface area contributed by atoms with Crippen molar-refractivity contribution in [1.82, 2.24) is 15.2 Å². The van der Waals surface area contributed by atoms with Crippen molar-refractivity contribution in [3.05, 3.63) is 69.9 Å². The summed E-state index contributed by atoms with van der Waals surface area (Å²) < 4.78 is 0. The van der Waals surface area contributed by atoms with Crippen LogP contribution in [-0.2, 0) is 17.6 Å².